The van der Waals surface area contributed by atoms with Crippen LogP contribution < -0.4 is 19.1 Å². The second-order valence-electron chi connectivity index (χ2n) is 5.52. The molecule has 2 aliphatic heterocycles. The third kappa shape index (κ3) is 1.91. The Balaban J connectivity index is 1.80. The Kier molecular flexibility index (Phi) is 2.93. The highest BCUT2D eigenvalue weighted by atomic mass is 16.7. The Labute approximate surface area is 137 Å². The van der Waals surface area contributed by atoms with Gasteiger partial charge in [-0.3, -0.25) is 15.0 Å². The molecule has 1 atom stereocenters. The summed E-state index contributed by atoms with van der Waals surface area (Å²) in [4.78, 5) is 12.5. The summed E-state index contributed by atoms with van der Waals surface area (Å²) >= 11 is 0. The number of ether oxygens (including phenoxy) is 3. The molecule has 0 amide bonds. The zero-order valence-electron chi connectivity index (χ0n) is 13.1. The van der Waals surface area contributed by atoms with E-state index in [0.717, 1.165) is 5.69 Å². The van der Waals surface area contributed by atoms with Crippen LogP contribution in [0.5, 0.6) is 17.2 Å². The third-order valence-corrected chi connectivity index (χ3v) is 4.17. The molecule has 0 aromatic heterocycles. The van der Waals surface area contributed by atoms with Gasteiger partial charge in [-0.2, -0.15) is 0 Å². The van der Waals surface area contributed by atoms with Gasteiger partial charge in [-0.05, 0) is 18.2 Å². The maximum atomic E-state index is 11.1. The number of nitro benzene ring substituents is 1. The van der Waals surface area contributed by atoms with E-state index in [1.54, 1.807) is 12.2 Å². The lowest BCUT2D eigenvalue weighted by Gasteiger charge is -2.35. The van der Waals surface area contributed by atoms with E-state index in [-0.39, 0.29) is 11.4 Å². The minimum Gasteiger partial charge on any atom is -0.493 e. The average molecular weight is 326 g/mol. The summed E-state index contributed by atoms with van der Waals surface area (Å²) < 4.78 is 17.4. The normalized spacial score (nSPS) is 20.2. The SMILES string of the molecule is COc1cc([N+](=O)[O-])cc2c1O[C@]1(C=C2)Oc2ccccc2N1C. The van der Waals surface area contributed by atoms with E-state index < -0.39 is 10.8 Å². The summed E-state index contributed by atoms with van der Waals surface area (Å²) in [6, 6.07) is 10.4. The summed E-state index contributed by atoms with van der Waals surface area (Å²) in [7, 11) is 3.31. The van der Waals surface area contributed by atoms with Crippen molar-refractivity contribution in [3.63, 3.8) is 0 Å². The van der Waals surface area contributed by atoms with E-state index in [2.05, 4.69) is 0 Å². The number of fused-ring (bicyclic) bond motifs is 2. The molecule has 122 valence electrons. The molecule has 7 nitrogen and oxygen atoms in total. The highest BCUT2D eigenvalue weighted by molar-refractivity contribution is 5.72. The number of likely N-dealkylation sites (N-methyl/N-ethyl adjacent to an activating group) is 1. The largest absolute Gasteiger partial charge is 0.493 e. The van der Waals surface area contributed by atoms with Crippen molar-refractivity contribution >= 4 is 17.5 Å². The van der Waals surface area contributed by atoms with Gasteiger partial charge in [0.2, 0.25) is 0 Å². The number of methoxy groups -OCH3 is 1. The zero-order valence-corrected chi connectivity index (χ0v) is 13.1. The van der Waals surface area contributed by atoms with Gasteiger partial charge in [-0.15, -0.1) is 0 Å². The Morgan fingerprint density at radius 1 is 1.25 bits per heavy atom. The Bertz CT molecular complexity index is 879. The standard InChI is InChI=1S/C17H14N2O5/c1-18-13-5-3-4-6-14(13)23-17(18)8-7-11-9-12(19(20)21)10-15(22-2)16(11)24-17/h3-10H,1-2H3/t17-/m0/s1. The van der Waals surface area contributed by atoms with E-state index in [9.17, 15) is 10.1 Å². The van der Waals surface area contributed by atoms with Crippen molar-refractivity contribution in [2.45, 2.75) is 5.91 Å². The molecule has 2 heterocycles. The number of hydrogen-bond donors (Lipinski definition) is 0. The lowest BCUT2D eigenvalue weighted by molar-refractivity contribution is -0.385. The van der Waals surface area contributed by atoms with E-state index in [4.69, 9.17) is 14.2 Å². The van der Waals surface area contributed by atoms with Gasteiger partial charge in [-0.1, -0.05) is 12.1 Å². The Morgan fingerprint density at radius 3 is 2.75 bits per heavy atom. The summed E-state index contributed by atoms with van der Waals surface area (Å²) in [5, 5.41) is 11.1. The summed E-state index contributed by atoms with van der Waals surface area (Å²) in [5.74, 6) is 0.259. The quantitative estimate of drug-likeness (QED) is 0.623. The lowest BCUT2D eigenvalue weighted by atomic mass is 10.1. The average Bonchev–Trinajstić information content (AvgIpc) is 2.86. The van der Waals surface area contributed by atoms with Crippen molar-refractivity contribution in [1.29, 1.82) is 0 Å². The first-order chi connectivity index (χ1) is 11.5. The summed E-state index contributed by atoms with van der Waals surface area (Å²) in [5.41, 5.74) is 1.41. The van der Waals surface area contributed by atoms with E-state index in [0.29, 0.717) is 17.1 Å². The number of anilines is 1. The Morgan fingerprint density at radius 2 is 2.04 bits per heavy atom. The molecule has 2 aromatic rings. The van der Waals surface area contributed by atoms with Crippen LogP contribution in [0.2, 0.25) is 0 Å². The van der Waals surface area contributed by atoms with Gasteiger partial charge in [0.05, 0.1) is 23.8 Å². The topological polar surface area (TPSA) is 74.1 Å². The molecular formula is C17H14N2O5. The van der Waals surface area contributed by atoms with Crippen molar-refractivity contribution in [1.82, 2.24) is 0 Å². The van der Waals surface area contributed by atoms with Gasteiger partial charge in [0.15, 0.2) is 11.5 Å². The lowest BCUT2D eigenvalue weighted by Crippen LogP contribution is -2.52. The van der Waals surface area contributed by atoms with E-state index >= 15 is 0 Å². The Hall–Kier alpha value is -3.22. The minimum absolute atomic E-state index is 0.0567. The van der Waals surface area contributed by atoms with Crippen LogP contribution in [-0.4, -0.2) is 25.0 Å². The number of nitrogens with zero attached hydrogens (tertiary/aromatic N) is 2. The monoisotopic (exact) mass is 326 g/mol. The van der Waals surface area contributed by atoms with Gasteiger partial charge >= 0.3 is 5.91 Å². The summed E-state index contributed by atoms with van der Waals surface area (Å²) in [6.07, 6.45) is 3.48. The fourth-order valence-corrected chi connectivity index (χ4v) is 2.92. The number of nitro groups is 1. The number of para-hydroxylation sites is 2. The third-order valence-electron chi connectivity index (χ3n) is 4.17. The van der Waals surface area contributed by atoms with Crippen molar-refractivity contribution < 1.29 is 19.1 Å². The molecule has 1 spiro atoms. The van der Waals surface area contributed by atoms with Crippen LogP contribution in [0.15, 0.2) is 42.5 Å². The van der Waals surface area contributed by atoms with Crippen LogP contribution in [0.3, 0.4) is 0 Å². The van der Waals surface area contributed by atoms with E-state index in [1.165, 1.54) is 19.2 Å². The van der Waals surface area contributed by atoms with E-state index in [1.807, 2.05) is 36.2 Å². The van der Waals surface area contributed by atoms with Crippen molar-refractivity contribution in [2.75, 3.05) is 19.1 Å². The number of non-ortho nitro benzene ring substituents is 1. The molecule has 0 bridgehead atoms. The van der Waals surface area contributed by atoms with Crippen LogP contribution in [-0.2, 0) is 0 Å². The molecular weight excluding hydrogens is 312 g/mol. The molecule has 0 saturated carbocycles. The van der Waals surface area contributed by atoms with Crippen LogP contribution in [0.25, 0.3) is 6.08 Å². The molecule has 24 heavy (non-hydrogen) atoms. The van der Waals surface area contributed by atoms with Gasteiger partial charge in [0.25, 0.3) is 5.69 Å². The van der Waals surface area contributed by atoms with Crippen LogP contribution in [0.1, 0.15) is 5.56 Å². The van der Waals surface area contributed by atoms with Crippen molar-refractivity contribution in [3.05, 3.63) is 58.2 Å². The number of rotatable bonds is 2. The van der Waals surface area contributed by atoms with Crippen LogP contribution in [0.4, 0.5) is 11.4 Å². The molecule has 0 radical (unpaired) electrons. The highest BCUT2D eigenvalue weighted by Crippen LogP contribution is 2.48. The van der Waals surface area contributed by atoms with Crippen molar-refractivity contribution in [2.24, 2.45) is 0 Å². The molecule has 0 saturated heterocycles. The first-order valence-corrected chi connectivity index (χ1v) is 7.30. The number of benzene rings is 2. The molecule has 2 aromatic carbocycles. The first-order valence-electron chi connectivity index (χ1n) is 7.30. The van der Waals surface area contributed by atoms with Gasteiger partial charge in [0, 0.05) is 24.8 Å². The highest BCUT2D eigenvalue weighted by Gasteiger charge is 2.47. The maximum absolute atomic E-state index is 11.1. The zero-order chi connectivity index (χ0) is 16.9. The summed E-state index contributed by atoms with van der Waals surface area (Å²) in [6.45, 7) is 0. The predicted octanol–water partition coefficient (Wildman–Crippen LogP) is 3.19. The predicted molar refractivity (Wildman–Crippen MR) is 87.5 cm³/mol. The maximum Gasteiger partial charge on any atom is 0.360 e. The van der Waals surface area contributed by atoms with Crippen LogP contribution >= 0.6 is 0 Å². The molecule has 4 rings (SSSR count). The molecule has 0 N–H and O–H groups in total. The van der Waals surface area contributed by atoms with Crippen molar-refractivity contribution in [3.8, 4) is 17.2 Å². The fraction of sp³-hybridized carbons (Fsp3) is 0.176. The van der Waals surface area contributed by atoms with Crippen LogP contribution in [0, 0.1) is 10.1 Å². The molecule has 0 fully saturated rings. The minimum atomic E-state index is -1.14. The van der Waals surface area contributed by atoms with Gasteiger partial charge < -0.3 is 14.2 Å². The smallest absolute Gasteiger partial charge is 0.360 e. The molecule has 2 aliphatic rings. The molecule has 7 heteroatoms. The second-order valence-corrected chi connectivity index (χ2v) is 5.52. The number of hydrogen-bond acceptors (Lipinski definition) is 6. The fourth-order valence-electron chi connectivity index (χ4n) is 2.92. The first kappa shape index (κ1) is 14.4. The molecule has 0 unspecified atom stereocenters. The van der Waals surface area contributed by atoms with Gasteiger partial charge in [-0.25, -0.2) is 0 Å². The second kappa shape index (κ2) is 4.89. The van der Waals surface area contributed by atoms with Gasteiger partial charge in [0.1, 0.15) is 5.75 Å². The molecule has 0 aliphatic carbocycles.